The zero-order valence-electron chi connectivity index (χ0n) is 19.4. The Morgan fingerprint density at radius 3 is 2.18 bits per heavy atom. The molecule has 0 rings (SSSR count). The molecule has 0 aliphatic carbocycles. The number of nitrogens with one attached hydrogen (secondary N) is 2. The van der Waals surface area contributed by atoms with E-state index in [1.165, 1.54) is 0 Å². The molecule has 0 saturated carbocycles. The second-order valence-corrected chi connectivity index (χ2v) is 6.95. The third-order valence-electron chi connectivity index (χ3n) is 4.20. The highest BCUT2D eigenvalue weighted by molar-refractivity contribution is 5.89. The number of ketones is 1. The zero-order chi connectivity index (χ0) is 25.3. The lowest BCUT2D eigenvalue weighted by atomic mass is 10.0. The summed E-state index contributed by atoms with van der Waals surface area (Å²) in [4.78, 5) is 41.5. The van der Waals surface area contributed by atoms with Gasteiger partial charge in [-0.25, -0.2) is 0 Å². The summed E-state index contributed by atoms with van der Waals surface area (Å²) in [5.74, 6) is -0.814. The fourth-order valence-corrected chi connectivity index (χ4v) is 2.64. The first-order valence-electron chi connectivity index (χ1n) is 11.1. The van der Waals surface area contributed by atoms with E-state index in [1.807, 2.05) is 0 Å². The van der Waals surface area contributed by atoms with Gasteiger partial charge in [0.1, 0.15) is 13.2 Å². The van der Waals surface area contributed by atoms with Crippen LogP contribution in [0.5, 0.6) is 0 Å². The second kappa shape index (κ2) is 23.2. The maximum absolute atomic E-state index is 12.6. The Labute approximate surface area is 198 Å². The molecule has 0 aromatic carbocycles. The molecular weight excluding hydrogens is 450 g/mol. The third kappa shape index (κ3) is 19.7. The maximum Gasteiger partial charge on any atom is 0.246 e. The summed E-state index contributed by atoms with van der Waals surface area (Å²) in [7, 11) is 0. The van der Waals surface area contributed by atoms with Crippen molar-refractivity contribution in [2.75, 3.05) is 65.8 Å². The average Bonchev–Trinajstić information content (AvgIpc) is 2.82. The SMILES string of the molecule is [N-]=[N+]=NCCOCCCC(=O)[C@H](CCCCNC(=O)COCCN=[N+]=[N-])NC(=O)COCCN. The van der Waals surface area contributed by atoms with E-state index >= 15 is 0 Å². The van der Waals surface area contributed by atoms with Gasteiger partial charge in [-0.05, 0) is 36.7 Å². The van der Waals surface area contributed by atoms with Crippen LogP contribution in [0.4, 0.5) is 0 Å². The molecule has 0 aromatic heterocycles. The zero-order valence-corrected chi connectivity index (χ0v) is 19.4. The van der Waals surface area contributed by atoms with Crippen molar-refractivity contribution in [2.45, 2.75) is 38.1 Å². The molecule has 0 aliphatic heterocycles. The van der Waals surface area contributed by atoms with Gasteiger partial charge in [-0.3, -0.25) is 14.4 Å². The van der Waals surface area contributed by atoms with Crippen LogP contribution in [0.3, 0.4) is 0 Å². The Bertz CT molecular complexity index is 681. The van der Waals surface area contributed by atoms with Gasteiger partial charge in [0.15, 0.2) is 5.78 Å². The quantitative estimate of drug-likeness (QED) is 0.0812. The van der Waals surface area contributed by atoms with E-state index in [9.17, 15) is 14.4 Å². The van der Waals surface area contributed by atoms with Crippen LogP contribution in [-0.2, 0) is 28.6 Å². The van der Waals surface area contributed by atoms with E-state index in [-0.39, 0.29) is 64.2 Å². The Morgan fingerprint density at radius 1 is 0.853 bits per heavy atom. The lowest BCUT2D eigenvalue weighted by Gasteiger charge is -2.18. The molecule has 2 amide bonds. The van der Waals surface area contributed by atoms with Gasteiger partial charge in [0.2, 0.25) is 11.8 Å². The van der Waals surface area contributed by atoms with Crippen LogP contribution in [0.15, 0.2) is 10.2 Å². The second-order valence-electron chi connectivity index (χ2n) is 6.95. The lowest BCUT2D eigenvalue weighted by Crippen LogP contribution is -2.42. The van der Waals surface area contributed by atoms with Gasteiger partial charge >= 0.3 is 0 Å². The molecule has 0 spiro atoms. The van der Waals surface area contributed by atoms with Gasteiger partial charge in [-0.2, -0.15) is 0 Å². The maximum atomic E-state index is 12.6. The van der Waals surface area contributed by atoms with Crippen molar-refractivity contribution >= 4 is 17.6 Å². The summed E-state index contributed by atoms with van der Waals surface area (Å²) in [5, 5.41) is 12.0. The molecule has 4 N–H and O–H groups in total. The van der Waals surface area contributed by atoms with Crippen molar-refractivity contribution in [1.29, 1.82) is 0 Å². The van der Waals surface area contributed by atoms with E-state index in [0.29, 0.717) is 45.4 Å². The van der Waals surface area contributed by atoms with Crippen molar-refractivity contribution in [3.8, 4) is 0 Å². The summed E-state index contributed by atoms with van der Waals surface area (Å²) >= 11 is 0. The number of azide groups is 2. The summed E-state index contributed by atoms with van der Waals surface area (Å²) in [5.41, 5.74) is 21.7. The van der Waals surface area contributed by atoms with Crippen molar-refractivity contribution in [3.05, 3.63) is 20.9 Å². The monoisotopic (exact) mass is 485 g/mol. The topological polar surface area (TPSA) is 226 Å². The van der Waals surface area contributed by atoms with E-state index in [2.05, 4.69) is 30.7 Å². The molecule has 0 aliphatic rings. The lowest BCUT2D eigenvalue weighted by molar-refractivity contribution is -0.130. The van der Waals surface area contributed by atoms with Crippen LogP contribution in [0.25, 0.3) is 20.9 Å². The Balaban J connectivity index is 4.30. The highest BCUT2D eigenvalue weighted by atomic mass is 16.5. The molecule has 0 unspecified atom stereocenters. The Hall–Kier alpha value is -2.93. The fraction of sp³-hybridized carbons (Fsp3) is 0.842. The number of ether oxygens (including phenoxy) is 3. The van der Waals surface area contributed by atoms with Crippen LogP contribution >= 0.6 is 0 Å². The summed E-state index contributed by atoms with van der Waals surface area (Å²) in [6, 6.07) is -0.670. The van der Waals surface area contributed by atoms with Crippen molar-refractivity contribution in [3.63, 3.8) is 0 Å². The molecule has 0 heterocycles. The molecule has 192 valence electrons. The predicted octanol–water partition coefficient (Wildman–Crippen LogP) is 0.736. The summed E-state index contributed by atoms with van der Waals surface area (Å²) in [6.07, 6.45) is 2.32. The van der Waals surface area contributed by atoms with Gasteiger partial charge in [0.25, 0.3) is 0 Å². The number of nitrogens with two attached hydrogens (primary N) is 1. The molecule has 0 radical (unpaired) electrons. The number of amides is 2. The fourth-order valence-electron chi connectivity index (χ4n) is 2.64. The van der Waals surface area contributed by atoms with Crippen LogP contribution < -0.4 is 16.4 Å². The van der Waals surface area contributed by atoms with E-state index in [4.69, 9.17) is 31.0 Å². The smallest absolute Gasteiger partial charge is 0.246 e. The Kier molecular flexibility index (Phi) is 21.2. The minimum atomic E-state index is -0.670. The first-order chi connectivity index (χ1) is 16.5. The molecular formula is C19H35N9O6. The number of hydrogen-bond acceptors (Lipinski definition) is 9. The van der Waals surface area contributed by atoms with Gasteiger partial charge in [-0.1, -0.05) is 10.2 Å². The highest BCUT2D eigenvalue weighted by Gasteiger charge is 2.20. The molecule has 1 atom stereocenters. The minimum absolute atomic E-state index is 0.122. The first kappa shape index (κ1) is 31.1. The molecule has 0 fully saturated rings. The van der Waals surface area contributed by atoms with Gasteiger partial charge in [0, 0.05) is 49.0 Å². The van der Waals surface area contributed by atoms with E-state index in [1.54, 1.807) is 0 Å². The number of Topliss-reactive ketones (excluding diaryl/α,β-unsaturated/α-hetero) is 1. The molecule has 15 nitrogen and oxygen atoms in total. The largest absolute Gasteiger partial charge is 0.381 e. The number of carbonyl (C=O) groups excluding carboxylic acids is 3. The molecule has 0 bridgehead atoms. The van der Waals surface area contributed by atoms with E-state index < -0.39 is 11.9 Å². The number of unbranched alkanes of at least 4 members (excludes halogenated alkanes) is 1. The van der Waals surface area contributed by atoms with Gasteiger partial charge in [-0.15, -0.1) is 0 Å². The number of nitrogens with zero attached hydrogens (tertiary/aromatic N) is 6. The average molecular weight is 486 g/mol. The van der Waals surface area contributed by atoms with Crippen molar-refractivity contribution in [1.82, 2.24) is 10.6 Å². The standard InChI is InChI=1S/C19H35N9O6/c20-6-11-33-15-19(31)26-16(17(29)5-3-10-32-12-8-24-27-21)4-1-2-7-23-18(30)14-34-13-9-25-28-22/h16H,1-15,20H2,(H,23,30)(H,26,31)/t16-/m0/s1. The number of hydrogen-bond donors (Lipinski definition) is 3. The molecule has 0 aromatic rings. The molecule has 34 heavy (non-hydrogen) atoms. The van der Waals surface area contributed by atoms with E-state index in [0.717, 1.165) is 0 Å². The van der Waals surface area contributed by atoms with Crippen LogP contribution in [-0.4, -0.2) is 89.5 Å². The highest BCUT2D eigenvalue weighted by Crippen LogP contribution is 2.06. The van der Waals surface area contributed by atoms with Gasteiger partial charge < -0.3 is 30.6 Å². The number of rotatable bonds is 23. The third-order valence-corrected chi connectivity index (χ3v) is 4.20. The van der Waals surface area contributed by atoms with Crippen LogP contribution in [0.1, 0.15) is 32.1 Å². The van der Waals surface area contributed by atoms with Crippen LogP contribution in [0.2, 0.25) is 0 Å². The van der Waals surface area contributed by atoms with Gasteiger partial charge in [0.05, 0.1) is 25.9 Å². The van der Waals surface area contributed by atoms with Crippen molar-refractivity contribution < 1.29 is 28.6 Å². The van der Waals surface area contributed by atoms with Crippen LogP contribution in [0, 0.1) is 0 Å². The summed E-state index contributed by atoms with van der Waals surface area (Å²) in [6.45, 7) is 1.78. The first-order valence-corrected chi connectivity index (χ1v) is 11.1. The van der Waals surface area contributed by atoms with Crippen molar-refractivity contribution in [2.24, 2.45) is 16.0 Å². The molecule has 0 saturated heterocycles. The minimum Gasteiger partial charge on any atom is -0.381 e. The molecule has 15 heteroatoms. The Morgan fingerprint density at radius 2 is 1.50 bits per heavy atom. The predicted molar refractivity (Wildman–Crippen MR) is 123 cm³/mol. The normalized spacial score (nSPS) is 11.1. The number of carbonyl (C=O) groups is 3. The summed E-state index contributed by atoms with van der Waals surface area (Å²) < 4.78 is 15.5.